The second-order valence-electron chi connectivity index (χ2n) is 8.20. The van der Waals surface area contributed by atoms with Crippen LogP contribution in [0.4, 0.5) is 0 Å². The molecule has 7 nitrogen and oxygen atoms in total. The van der Waals surface area contributed by atoms with Gasteiger partial charge in [-0.1, -0.05) is 48.8 Å². The number of hydrogen-bond donors (Lipinski definition) is 1. The Hall–Kier alpha value is -0.670. The predicted molar refractivity (Wildman–Crippen MR) is 131 cm³/mol. The summed E-state index contributed by atoms with van der Waals surface area (Å²) in [7, 11) is -2.16. The molecule has 1 N–H and O–H groups in total. The monoisotopic (exact) mass is 515 g/mol. The summed E-state index contributed by atoms with van der Waals surface area (Å²) in [5.74, 6) is 0. The molecule has 0 amide bonds. The van der Waals surface area contributed by atoms with Gasteiger partial charge in [0.1, 0.15) is 7.36 Å². The van der Waals surface area contributed by atoms with Gasteiger partial charge in [-0.3, -0.25) is 14.8 Å². The number of nitrogens with zero attached hydrogens (tertiary/aromatic N) is 4. The van der Waals surface area contributed by atoms with Gasteiger partial charge in [0.15, 0.2) is 0 Å². The Morgan fingerprint density at radius 2 is 1.53 bits per heavy atom. The van der Waals surface area contributed by atoms with Crippen LogP contribution in [0.3, 0.4) is 0 Å². The molecule has 2 heterocycles. The highest BCUT2D eigenvalue weighted by Crippen LogP contribution is 2.66. The van der Waals surface area contributed by atoms with Crippen molar-refractivity contribution in [2.45, 2.75) is 25.9 Å². The first-order valence-electron chi connectivity index (χ1n) is 10.2. The Morgan fingerprint density at radius 3 is 2.00 bits per heavy atom. The Bertz CT molecular complexity index is 778. The third-order valence-electron chi connectivity index (χ3n) is 5.14. The van der Waals surface area contributed by atoms with E-state index in [0.29, 0.717) is 5.11 Å². The van der Waals surface area contributed by atoms with Gasteiger partial charge in [0.25, 0.3) is 0 Å². The summed E-state index contributed by atoms with van der Waals surface area (Å²) in [6.07, 6.45) is 1.76. The fourth-order valence-electron chi connectivity index (χ4n) is 3.83. The Balaban J connectivity index is 1.89. The largest absolute Gasteiger partial charge is 0.379 e. The number of morpholine rings is 2. The van der Waals surface area contributed by atoms with Gasteiger partial charge in [-0.2, -0.15) is 5.10 Å². The van der Waals surface area contributed by atoms with Crippen LogP contribution in [0.25, 0.3) is 0 Å². The van der Waals surface area contributed by atoms with Crippen molar-refractivity contribution >= 4 is 46.8 Å². The molecule has 0 unspecified atom stereocenters. The predicted octanol–water partition coefficient (Wildman–Crippen LogP) is 4.15. The molecule has 2 saturated heterocycles. The molecular weight excluding hydrogens is 485 g/mol. The van der Waals surface area contributed by atoms with E-state index in [-0.39, 0.29) is 5.16 Å². The van der Waals surface area contributed by atoms with Crippen LogP contribution in [0.2, 0.25) is 0 Å². The summed E-state index contributed by atoms with van der Waals surface area (Å²) in [6.45, 7) is 13.1. The maximum absolute atomic E-state index is 5.66. The molecule has 2 aliphatic rings. The van der Waals surface area contributed by atoms with Crippen LogP contribution < -0.4 is 5.43 Å². The second-order valence-corrected chi connectivity index (χ2v) is 13.3. The quantitative estimate of drug-likeness (QED) is 0.281. The van der Waals surface area contributed by atoms with E-state index in [4.69, 9.17) is 26.4 Å². The number of hydrogen-bond acceptors (Lipinski definition) is 4. The van der Waals surface area contributed by atoms with Gasteiger partial charge in [0.2, 0.25) is 5.11 Å². The fraction of sp³-hybridized carbons (Fsp3) is 0.600. The average molecular weight is 516 g/mol. The number of benzene rings is 1. The first-order chi connectivity index (χ1) is 14.3. The van der Waals surface area contributed by atoms with E-state index in [1.165, 1.54) is 0 Å². The molecule has 1 aromatic carbocycles. The van der Waals surface area contributed by atoms with E-state index in [2.05, 4.69) is 56.6 Å². The molecule has 1 aromatic rings. The van der Waals surface area contributed by atoms with E-state index in [1.807, 2.05) is 24.3 Å². The highest BCUT2D eigenvalue weighted by atomic mass is 79.9. The van der Waals surface area contributed by atoms with E-state index in [9.17, 15) is 0 Å². The molecule has 0 radical (unpaired) electrons. The summed E-state index contributed by atoms with van der Waals surface area (Å²) in [6, 6.07) is 7.95. The van der Waals surface area contributed by atoms with Crippen LogP contribution in [0, 0.1) is 0 Å². The number of halogens is 1. The lowest BCUT2D eigenvalue weighted by molar-refractivity contribution is 0.0551. The van der Waals surface area contributed by atoms with Crippen molar-refractivity contribution in [1.82, 2.24) is 14.8 Å². The summed E-state index contributed by atoms with van der Waals surface area (Å²) >= 11 is 9.10. The van der Waals surface area contributed by atoms with Gasteiger partial charge in [0.05, 0.1) is 32.6 Å². The highest BCUT2D eigenvalue weighted by molar-refractivity contribution is 9.10. The second kappa shape index (κ2) is 10.8. The Labute approximate surface area is 193 Å². The van der Waals surface area contributed by atoms with Gasteiger partial charge in [0, 0.05) is 35.8 Å². The summed E-state index contributed by atoms with van der Waals surface area (Å²) < 4.78 is 22.6. The van der Waals surface area contributed by atoms with Gasteiger partial charge in [-0.05, 0) is 29.9 Å². The molecule has 3 rings (SSSR count). The zero-order chi connectivity index (χ0) is 21.6. The summed E-state index contributed by atoms with van der Waals surface area (Å²) in [5, 5.41) is 4.67. The van der Waals surface area contributed by atoms with Crippen molar-refractivity contribution in [2.24, 2.45) is 9.85 Å². The number of rotatable bonds is 4. The maximum Gasteiger partial charge on any atom is 0.214 e. The molecule has 0 spiro atoms. The lowest BCUT2D eigenvalue weighted by Crippen LogP contribution is -2.48. The summed E-state index contributed by atoms with van der Waals surface area (Å²) in [5.41, 5.74) is 3.98. The van der Waals surface area contributed by atoms with Gasteiger partial charge in [-0.15, -0.1) is 0 Å². The minimum Gasteiger partial charge on any atom is -0.379 e. The Kier molecular flexibility index (Phi) is 8.61. The molecule has 2 aliphatic heterocycles. The average Bonchev–Trinajstić information content (AvgIpc) is 2.74. The van der Waals surface area contributed by atoms with Crippen LogP contribution in [0.5, 0.6) is 0 Å². The zero-order valence-corrected chi connectivity index (χ0v) is 21.2. The van der Waals surface area contributed by atoms with E-state index in [0.717, 1.165) is 62.6 Å². The van der Waals surface area contributed by atoms with Crippen LogP contribution in [0.1, 0.15) is 26.3 Å². The van der Waals surface area contributed by atoms with E-state index >= 15 is 0 Å². The molecule has 0 bridgehead atoms. The molecular formula is C20H31BrN5O2PS. The Morgan fingerprint density at radius 1 is 1.03 bits per heavy atom. The number of thiocarbonyl (C=S) groups is 1. The lowest BCUT2D eigenvalue weighted by Gasteiger charge is -2.52. The smallest absolute Gasteiger partial charge is 0.214 e. The molecule has 166 valence electrons. The molecule has 30 heavy (non-hydrogen) atoms. The van der Waals surface area contributed by atoms with Gasteiger partial charge in [-0.25, -0.2) is 4.74 Å². The van der Waals surface area contributed by atoms with Crippen molar-refractivity contribution in [2.75, 3.05) is 52.6 Å². The normalized spacial score (nSPS) is 19.7. The minimum absolute atomic E-state index is 0.0805. The van der Waals surface area contributed by atoms with Crippen molar-refractivity contribution < 1.29 is 9.47 Å². The minimum atomic E-state index is -2.16. The molecule has 0 atom stereocenters. The first kappa shape index (κ1) is 24.0. The molecule has 0 aliphatic carbocycles. The molecule has 0 saturated carbocycles. The summed E-state index contributed by atoms with van der Waals surface area (Å²) in [4.78, 5) is 0. The topological polar surface area (TPSA) is 61.7 Å². The van der Waals surface area contributed by atoms with E-state index < -0.39 is 7.36 Å². The van der Waals surface area contributed by atoms with E-state index in [1.54, 1.807) is 6.21 Å². The zero-order valence-electron chi connectivity index (χ0n) is 17.9. The van der Waals surface area contributed by atoms with Crippen molar-refractivity contribution in [1.29, 1.82) is 0 Å². The number of ether oxygens (including phenoxy) is 2. The van der Waals surface area contributed by atoms with Crippen LogP contribution >= 0.6 is 35.5 Å². The lowest BCUT2D eigenvalue weighted by atomic mass is 10.2. The van der Waals surface area contributed by atoms with Crippen molar-refractivity contribution in [3.63, 3.8) is 0 Å². The fourth-order valence-corrected chi connectivity index (χ4v) is 8.84. The third-order valence-corrected chi connectivity index (χ3v) is 10.6. The molecule has 10 heteroatoms. The third kappa shape index (κ3) is 5.76. The van der Waals surface area contributed by atoms with Crippen LogP contribution in [-0.2, 0) is 9.47 Å². The van der Waals surface area contributed by atoms with Crippen LogP contribution in [-0.4, -0.2) is 78.4 Å². The SMILES string of the molecule is CC(C)(C)P(=NC(=S)NN=Cc1ccc(Br)cc1)(N1CCOCC1)N1CCOCC1. The standard InChI is InChI=1S/C20H31BrN5O2PS/c1-20(2,3)29(25-8-12-27-13-9-25,26-10-14-28-15-11-26)24-19(30)23-22-16-17-4-6-18(21)7-5-17/h4-7,16H,8-15H2,1-3H3,(H,23,30). The van der Waals surface area contributed by atoms with Crippen molar-refractivity contribution in [3.8, 4) is 0 Å². The maximum atomic E-state index is 5.66. The molecule has 2 fully saturated rings. The number of hydrazone groups is 1. The highest BCUT2D eigenvalue weighted by Gasteiger charge is 2.45. The van der Waals surface area contributed by atoms with Gasteiger partial charge < -0.3 is 9.47 Å². The molecule has 0 aromatic heterocycles. The number of nitrogens with one attached hydrogen (secondary N) is 1. The van der Waals surface area contributed by atoms with Crippen molar-refractivity contribution in [3.05, 3.63) is 34.3 Å². The van der Waals surface area contributed by atoms with Gasteiger partial charge >= 0.3 is 0 Å². The van der Waals surface area contributed by atoms with Crippen LogP contribution in [0.15, 0.2) is 38.6 Å². The first-order valence-corrected chi connectivity index (χ1v) is 13.1.